The van der Waals surface area contributed by atoms with Crippen LogP contribution in [0.15, 0.2) is 36.5 Å². The van der Waals surface area contributed by atoms with Crippen molar-refractivity contribution in [2.45, 2.75) is 0 Å². The predicted molar refractivity (Wildman–Crippen MR) is 67.0 cm³/mol. The van der Waals surface area contributed by atoms with E-state index in [0.717, 1.165) is 0 Å². The Hall–Kier alpha value is -2.25. The molecule has 0 saturated carbocycles. The summed E-state index contributed by atoms with van der Waals surface area (Å²) in [6, 6.07) is 10.5. The highest BCUT2D eigenvalue weighted by molar-refractivity contribution is 6.33. The lowest BCUT2D eigenvalue weighted by molar-refractivity contribution is 0.407. The second-order valence-corrected chi connectivity index (χ2v) is 3.75. The number of methoxy groups -OCH3 is 1. The van der Waals surface area contributed by atoms with Gasteiger partial charge in [0.05, 0.1) is 12.7 Å². The number of halogens is 1. The van der Waals surface area contributed by atoms with Gasteiger partial charge in [-0.15, -0.1) is 0 Å². The normalized spacial score (nSPS) is 9.61. The number of rotatable bonds is 3. The van der Waals surface area contributed by atoms with E-state index >= 15 is 0 Å². The third-order valence-electron chi connectivity index (χ3n) is 2.23. The molecule has 1 aromatic carbocycles. The van der Waals surface area contributed by atoms with Gasteiger partial charge in [-0.25, -0.2) is 4.98 Å². The lowest BCUT2D eigenvalue weighted by Gasteiger charge is -2.08. The minimum atomic E-state index is 0.197. The highest BCUT2D eigenvalue weighted by Gasteiger charge is 2.09. The summed E-state index contributed by atoms with van der Waals surface area (Å²) in [6.45, 7) is 0. The Morgan fingerprint density at radius 3 is 2.78 bits per heavy atom. The molecule has 90 valence electrons. The molecule has 0 amide bonds. The zero-order valence-corrected chi connectivity index (χ0v) is 10.3. The standard InChI is InChI=1S/C13H9ClN2O2/c1-17-10-3-2-4-11(7-10)18-13-12(14)9(8-15)5-6-16-13/h2-7H,1H3. The molecule has 0 spiro atoms. The zero-order chi connectivity index (χ0) is 13.0. The lowest BCUT2D eigenvalue weighted by atomic mass is 10.3. The quantitative estimate of drug-likeness (QED) is 0.849. The summed E-state index contributed by atoms with van der Waals surface area (Å²) in [7, 11) is 1.57. The molecular weight excluding hydrogens is 252 g/mol. The Morgan fingerprint density at radius 2 is 2.06 bits per heavy atom. The van der Waals surface area contributed by atoms with Crippen LogP contribution < -0.4 is 9.47 Å². The van der Waals surface area contributed by atoms with E-state index in [1.807, 2.05) is 6.07 Å². The molecule has 0 saturated heterocycles. The van der Waals surface area contributed by atoms with Gasteiger partial charge in [0.1, 0.15) is 22.6 Å². The molecule has 0 radical (unpaired) electrons. The van der Waals surface area contributed by atoms with Gasteiger partial charge in [0, 0.05) is 12.3 Å². The van der Waals surface area contributed by atoms with Crippen LogP contribution in [-0.2, 0) is 0 Å². The smallest absolute Gasteiger partial charge is 0.239 e. The van der Waals surface area contributed by atoms with Crippen molar-refractivity contribution in [3.05, 3.63) is 47.1 Å². The molecule has 2 rings (SSSR count). The fourth-order valence-corrected chi connectivity index (χ4v) is 1.55. The van der Waals surface area contributed by atoms with Crippen molar-refractivity contribution in [3.63, 3.8) is 0 Å². The summed E-state index contributed by atoms with van der Waals surface area (Å²) >= 11 is 5.99. The van der Waals surface area contributed by atoms with Crippen molar-refractivity contribution in [2.24, 2.45) is 0 Å². The van der Waals surface area contributed by atoms with E-state index < -0.39 is 0 Å². The minimum absolute atomic E-state index is 0.197. The van der Waals surface area contributed by atoms with Gasteiger partial charge in [-0.2, -0.15) is 5.26 Å². The number of benzene rings is 1. The molecule has 0 atom stereocenters. The molecule has 18 heavy (non-hydrogen) atoms. The number of nitriles is 1. The highest BCUT2D eigenvalue weighted by atomic mass is 35.5. The average molecular weight is 261 g/mol. The summed E-state index contributed by atoms with van der Waals surface area (Å²) in [6.07, 6.45) is 1.47. The Kier molecular flexibility index (Phi) is 3.66. The Bertz CT molecular complexity index is 608. The van der Waals surface area contributed by atoms with E-state index in [2.05, 4.69) is 4.98 Å². The van der Waals surface area contributed by atoms with Crippen molar-refractivity contribution >= 4 is 11.6 Å². The van der Waals surface area contributed by atoms with Crippen molar-refractivity contribution in [1.29, 1.82) is 5.26 Å². The molecular formula is C13H9ClN2O2. The maximum absolute atomic E-state index is 8.85. The summed E-state index contributed by atoms with van der Waals surface area (Å²) in [5, 5.41) is 9.05. The molecule has 0 aliphatic carbocycles. The Balaban J connectivity index is 2.31. The molecule has 0 N–H and O–H groups in total. The van der Waals surface area contributed by atoms with Crippen LogP contribution in [0.1, 0.15) is 5.56 Å². The maximum atomic E-state index is 8.85. The van der Waals surface area contributed by atoms with Crippen molar-refractivity contribution in [2.75, 3.05) is 7.11 Å². The van der Waals surface area contributed by atoms with Gasteiger partial charge in [-0.05, 0) is 18.2 Å². The van der Waals surface area contributed by atoms with Crippen LogP contribution in [0, 0.1) is 11.3 Å². The maximum Gasteiger partial charge on any atom is 0.239 e. The predicted octanol–water partition coefficient (Wildman–Crippen LogP) is 3.41. The molecule has 0 aliphatic rings. The largest absolute Gasteiger partial charge is 0.497 e. The second kappa shape index (κ2) is 5.39. The van der Waals surface area contributed by atoms with Crippen LogP contribution in [0.2, 0.25) is 5.02 Å². The number of nitrogens with zero attached hydrogens (tertiary/aromatic N) is 2. The van der Waals surface area contributed by atoms with Gasteiger partial charge in [0.15, 0.2) is 0 Å². The van der Waals surface area contributed by atoms with Gasteiger partial charge in [-0.3, -0.25) is 0 Å². The first-order chi connectivity index (χ1) is 8.74. The van der Waals surface area contributed by atoms with Crippen LogP contribution in [-0.4, -0.2) is 12.1 Å². The van der Waals surface area contributed by atoms with Gasteiger partial charge in [0.2, 0.25) is 5.88 Å². The molecule has 0 fully saturated rings. The average Bonchev–Trinajstić information content (AvgIpc) is 2.41. The first kappa shape index (κ1) is 12.2. The molecule has 2 aromatic rings. The molecule has 0 bridgehead atoms. The summed E-state index contributed by atoms with van der Waals surface area (Å²) in [5.74, 6) is 1.41. The fraction of sp³-hybridized carbons (Fsp3) is 0.0769. The third kappa shape index (κ3) is 2.53. The number of pyridine rings is 1. The first-order valence-corrected chi connectivity index (χ1v) is 5.49. The molecule has 5 heteroatoms. The molecule has 4 nitrogen and oxygen atoms in total. The summed E-state index contributed by atoms with van der Waals surface area (Å²) in [4.78, 5) is 3.99. The Labute approximate surface area is 109 Å². The van der Waals surface area contributed by atoms with Crippen LogP contribution in [0.3, 0.4) is 0 Å². The van der Waals surface area contributed by atoms with Crippen molar-refractivity contribution in [3.8, 4) is 23.4 Å². The number of aromatic nitrogens is 1. The van der Waals surface area contributed by atoms with E-state index in [-0.39, 0.29) is 10.9 Å². The van der Waals surface area contributed by atoms with Crippen LogP contribution in [0.5, 0.6) is 17.4 Å². The van der Waals surface area contributed by atoms with Gasteiger partial charge in [-0.1, -0.05) is 17.7 Å². The number of hydrogen-bond acceptors (Lipinski definition) is 4. The fourth-order valence-electron chi connectivity index (χ4n) is 1.36. The summed E-state index contributed by atoms with van der Waals surface area (Å²) in [5.41, 5.74) is 0.324. The van der Waals surface area contributed by atoms with Crippen LogP contribution in [0.4, 0.5) is 0 Å². The van der Waals surface area contributed by atoms with Gasteiger partial charge in [0.25, 0.3) is 0 Å². The van der Waals surface area contributed by atoms with E-state index in [1.54, 1.807) is 31.4 Å². The first-order valence-electron chi connectivity index (χ1n) is 5.11. The highest BCUT2D eigenvalue weighted by Crippen LogP contribution is 2.30. The zero-order valence-electron chi connectivity index (χ0n) is 9.55. The van der Waals surface area contributed by atoms with Gasteiger partial charge < -0.3 is 9.47 Å². The van der Waals surface area contributed by atoms with Crippen LogP contribution >= 0.6 is 11.6 Å². The lowest BCUT2D eigenvalue weighted by Crippen LogP contribution is -1.91. The monoisotopic (exact) mass is 260 g/mol. The van der Waals surface area contributed by atoms with E-state index in [9.17, 15) is 0 Å². The van der Waals surface area contributed by atoms with Crippen molar-refractivity contribution < 1.29 is 9.47 Å². The van der Waals surface area contributed by atoms with Crippen LogP contribution in [0.25, 0.3) is 0 Å². The van der Waals surface area contributed by atoms with Gasteiger partial charge >= 0.3 is 0 Å². The van der Waals surface area contributed by atoms with E-state index in [1.165, 1.54) is 12.3 Å². The second-order valence-electron chi connectivity index (χ2n) is 3.37. The SMILES string of the molecule is COc1cccc(Oc2nccc(C#N)c2Cl)c1. The molecule has 0 unspecified atom stereocenters. The Morgan fingerprint density at radius 1 is 1.28 bits per heavy atom. The third-order valence-corrected chi connectivity index (χ3v) is 2.60. The topological polar surface area (TPSA) is 55.1 Å². The number of hydrogen-bond donors (Lipinski definition) is 0. The molecule has 1 heterocycles. The van der Waals surface area contributed by atoms with Crippen molar-refractivity contribution in [1.82, 2.24) is 4.98 Å². The number of ether oxygens (including phenoxy) is 2. The van der Waals surface area contributed by atoms with E-state index in [4.69, 9.17) is 26.3 Å². The minimum Gasteiger partial charge on any atom is -0.497 e. The molecule has 0 aliphatic heterocycles. The summed E-state index contributed by atoms with van der Waals surface area (Å²) < 4.78 is 10.6. The van der Waals surface area contributed by atoms with E-state index in [0.29, 0.717) is 17.1 Å². The molecule has 1 aromatic heterocycles.